The van der Waals surface area contributed by atoms with E-state index in [2.05, 4.69) is 77.1 Å². The van der Waals surface area contributed by atoms with Crippen molar-refractivity contribution in [3.8, 4) is 0 Å². The van der Waals surface area contributed by atoms with Crippen molar-refractivity contribution in [3.05, 3.63) is 71.3 Å². The fraction of sp³-hybridized carbons (Fsp3) is 0.458. The van der Waals surface area contributed by atoms with Gasteiger partial charge >= 0.3 is 0 Å². The van der Waals surface area contributed by atoms with Crippen LogP contribution in [0.1, 0.15) is 37.0 Å². The summed E-state index contributed by atoms with van der Waals surface area (Å²) >= 11 is 0. The van der Waals surface area contributed by atoms with E-state index in [-0.39, 0.29) is 0 Å². The molecule has 0 aliphatic rings. The quantitative estimate of drug-likeness (QED) is 0.324. The molecule has 0 saturated heterocycles. The van der Waals surface area contributed by atoms with E-state index in [4.69, 9.17) is 9.47 Å². The van der Waals surface area contributed by atoms with Crippen molar-refractivity contribution in [1.82, 2.24) is 10.6 Å². The van der Waals surface area contributed by atoms with Crippen molar-refractivity contribution in [3.63, 3.8) is 0 Å². The highest BCUT2D eigenvalue weighted by molar-refractivity contribution is 5.79. The van der Waals surface area contributed by atoms with E-state index >= 15 is 0 Å². The largest absolute Gasteiger partial charge is 0.379 e. The minimum atomic E-state index is 0.339. The lowest BCUT2D eigenvalue weighted by atomic mass is 10.1. The predicted molar refractivity (Wildman–Crippen MR) is 120 cm³/mol. The smallest absolute Gasteiger partial charge is 0.191 e. The minimum Gasteiger partial charge on any atom is -0.379 e. The van der Waals surface area contributed by atoms with Crippen molar-refractivity contribution in [2.24, 2.45) is 4.99 Å². The van der Waals surface area contributed by atoms with Crippen LogP contribution in [0.15, 0.2) is 59.6 Å². The summed E-state index contributed by atoms with van der Waals surface area (Å²) in [6, 6.07) is 19.4. The molecule has 0 fully saturated rings. The van der Waals surface area contributed by atoms with E-state index in [1.807, 2.05) is 14.0 Å². The fourth-order valence-corrected chi connectivity index (χ4v) is 3.00. The van der Waals surface area contributed by atoms with Crippen molar-refractivity contribution >= 4 is 5.96 Å². The lowest BCUT2D eigenvalue weighted by molar-refractivity contribution is 0.0453. The summed E-state index contributed by atoms with van der Waals surface area (Å²) in [6.45, 7) is 7.49. The second kappa shape index (κ2) is 13.7. The fourth-order valence-electron chi connectivity index (χ4n) is 3.00. The number of nitrogens with zero attached hydrogens (tertiary/aromatic N) is 1. The molecule has 29 heavy (non-hydrogen) atoms. The first-order chi connectivity index (χ1) is 14.2. The highest BCUT2D eigenvalue weighted by atomic mass is 16.5. The average Bonchev–Trinajstić information content (AvgIpc) is 2.76. The number of hydrogen-bond acceptors (Lipinski definition) is 3. The van der Waals surface area contributed by atoms with Crippen LogP contribution in [0, 0.1) is 0 Å². The summed E-state index contributed by atoms with van der Waals surface area (Å²) in [5.74, 6) is 0.823. The first-order valence-corrected chi connectivity index (χ1v) is 10.5. The van der Waals surface area contributed by atoms with Crippen LogP contribution in [0.25, 0.3) is 0 Å². The Kier molecular flexibility index (Phi) is 10.9. The third-order valence-electron chi connectivity index (χ3n) is 4.61. The molecule has 0 saturated carbocycles. The molecule has 5 nitrogen and oxygen atoms in total. The third-order valence-corrected chi connectivity index (χ3v) is 4.61. The van der Waals surface area contributed by atoms with Gasteiger partial charge in [-0.1, -0.05) is 54.6 Å². The Morgan fingerprint density at radius 2 is 1.69 bits per heavy atom. The van der Waals surface area contributed by atoms with Gasteiger partial charge in [-0.25, -0.2) is 0 Å². The molecule has 2 N–H and O–H groups in total. The van der Waals surface area contributed by atoms with Crippen molar-refractivity contribution in [1.29, 1.82) is 0 Å². The molecule has 0 amide bonds. The van der Waals surface area contributed by atoms with E-state index in [9.17, 15) is 0 Å². The molecule has 5 heteroatoms. The van der Waals surface area contributed by atoms with E-state index in [1.54, 1.807) is 0 Å². The molecule has 158 valence electrons. The lowest BCUT2D eigenvalue weighted by Gasteiger charge is -2.18. The average molecular weight is 398 g/mol. The predicted octanol–water partition coefficient (Wildman–Crippen LogP) is 3.93. The monoisotopic (exact) mass is 397 g/mol. The number of guanidine groups is 1. The summed E-state index contributed by atoms with van der Waals surface area (Å²) in [5.41, 5.74) is 3.74. The van der Waals surface area contributed by atoms with Gasteiger partial charge in [0.15, 0.2) is 5.96 Å². The van der Waals surface area contributed by atoms with Gasteiger partial charge in [-0.3, -0.25) is 4.99 Å². The number of ether oxygens (including phenoxy) is 2. The number of nitrogens with one attached hydrogen (secondary N) is 2. The summed E-state index contributed by atoms with van der Waals surface area (Å²) in [7, 11) is 1.81. The molecule has 1 unspecified atom stereocenters. The summed E-state index contributed by atoms with van der Waals surface area (Å²) in [6.07, 6.45) is 2.11. The Morgan fingerprint density at radius 1 is 0.966 bits per heavy atom. The summed E-state index contributed by atoms with van der Waals surface area (Å²) in [4.78, 5) is 4.35. The van der Waals surface area contributed by atoms with Crippen LogP contribution < -0.4 is 10.6 Å². The maximum atomic E-state index is 5.66. The van der Waals surface area contributed by atoms with Crippen LogP contribution in [0.2, 0.25) is 0 Å². The molecule has 2 aromatic carbocycles. The van der Waals surface area contributed by atoms with Gasteiger partial charge in [0, 0.05) is 26.2 Å². The Hall–Kier alpha value is -2.37. The maximum Gasteiger partial charge on any atom is 0.191 e. The van der Waals surface area contributed by atoms with Crippen LogP contribution in [0.4, 0.5) is 0 Å². The lowest BCUT2D eigenvalue weighted by Crippen LogP contribution is -2.42. The van der Waals surface area contributed by atoms with Crippen LogP contribution in [0.5, 0.6) is 0 Å². The number of hydrogen-bond donors (Lipinski definition) is 2. The Balaban J connectivity index is 1.73. The molecule has 0 heterocycles. The van der Waals surface area contributed by atoms with Gasteiger partial charge in [0.1, 0.15) is 0 Å². The molecule has 0 radical (unpaired) electrons. The molecule has 0 aliphatic heterocycles. The van der Waals surface area contributed by atoms with Gasteiger partial charge in [-0.2, -0.15) is 0 Å². The number of benzene rings is 2. The molecule has 0 aromatic heterocycles. The van der Waals surface area contributed by atoms with Crippen LogP contribution in [-0.4, -0.2) is 38.9 Å². The van der Waals surface area contributed by atoms with Gasteiger partial charge in [0.2, 0.25) is 0 Å². The highest BCUT2D eigenvalue weighted by Crippen LogP contribution is 2.07. The molecule has 2 aromatic rings. The highest BCUT2D eigenvalue weighted by Gasteiger charge is 2.06. The zero-order valence-electron chi connectivity index (χ0n) is 18.0. The number of rotatable bonds is 12. The number of aryl methyl sites for hydroxylation is 1. The maximum absolute atomic E-state index is 5.66. The normalized spacial score (nSPS) is 12.6. The SMILES string of the molecule is CCOCCOCc1cccc(CNC(=NC)NC(C)CCc2ccccc2)c1. The molecule has 0 aliphatic carbocycles. The molecule has 0 bridgehead atoms. The van der Waals surface area contributed by atoms with Gasteiger partial charge in [-0.05, 0) is 43.4 Å². The van der Waals surface area contributed by atoms with Gasteiger partial charge < -0.3 is 20.1 Å². The first kappa shape index (κ1) is 22.9. The zero-order chi connectivity index (χ0) is 20.7. The Bertz CT molecular complexity index is 719. The van der Waals surface area contributed by atoms with Crippen LogP contribution in [-0.2, 0) is 29.0 Å². The Labute approximate surface area is 175 Å². The molecular formula is C24H35N3O2. The first-order valence-electron chi connectivity index (χ1n) is 10.5. The van der Waals surface area contributed by atoms with E-state index < -0.39 is 0 Å². The van der Waals surface area contributed by atoms with Gasteiger partial charge in [0.25, 0.3) is 0 Å². The Morgan fingerprint density at radius 3 is 2.45 bits per heavy atom. The van der Waals surface area contributed by atoms with Crippen molar-refractivity contribution in [2.45, 2.75) is 45.9 Å². The molecule has 0 spiro atoms. The second-order valence-corrected chi connectivity index (χ2v) is 7.06. The summed E-state index contributed by atoms with van der Waals surface area (Å²) < 4.78 is 10.9. The molecular weight excluding hydrogens is 362 g/mol. The topological polar surface area (TPSA) is 54.9 Å². The van der Waals surface area contributed by atoms with Crippen molar-refractivity contribution < 1.29 is 9.47 Å². The van der Waals surface area contributed by atoms with E-state index in [1.165, 1.54) is 16.7 Å². The van der Waals surface area contributed by atoms with E-state index in [0.29, 0.717) is 25.9 Å². The van der Waals surface area contributed by atoms with Gasteiger partial charge in [0.05, 0.1) is 19.8 Å². The van der Waals surface area contributed by atoms with Crippen LogP contribution in [0.3, 0.4) is 0 Å². The second-order valence-electron chi connectivity index (χ2n) is 7.06. The van der Waals surface area contributed by atoms with E-state index in [0.717, 1.165) is 32.0 Å². The standard InChI is InChI=1S/C24H35N3O2/c1-4-28-15-16-29-19-23-12-8-11-22(17-23)18-26-24(25-3)27-20(2)13-14-21-9-6-5-7-10-21/h5-12,17,20H,4,13-16,18-19H2,1-3H3,(H2,25,26,27). The van der Waals surface area contributed by atoms with Crippen molar-refractivity contribution in [2.75, 3.05) is 26.9 Å². The van der Waals surface area contributed by atoms with Crippen LogP contribution >= 0.6 is 0 Å². The third kappa shape index (κ3) is 9.59. The minimum absolute atomic E-state index is 0.339. The zero-order valence-corrected chi connectivity index (χ0v) is 18.0. The molecule has 2 rings (SSSR count). The summed E-state index contributed by atoms with van der Waals surface area (Å²) in [5, 5.41) is 6.88. The number of aliphatic imine (C=N–C) groups is 1. The van der Waals surface area contributed by atoms with Gasteiger partial charge in [-0.15, -0.1) is 0 Å². The molecule has 1 atom stereocenters.